The third-order valence-electron chi connectivity index (χ3n) is 6.08. The van der Waals surface area contributed by atoms with Gasteiger partial charge in [0.25, 0.3) is 5.91 Å². The average Bonchev–Trinajstić information content (AvgIpc) is 3.19. The van der Waals surface area contributed by atoms with Gasteiger partial charge in [-0.3, -0.25) is 9.59 Å². The molecule has 7 nitrogen and oxygen atoms in total. The first-order valence-electron chi connectivity index (χ1n) is 10.9. The molecule has 166 valence electrons. The van der Waals surface area contributed by atoms with E-state index in [2.05, 4.69) is 16.3 Å². The summed E-state index contributed by atoms with van der Waals surface area (Å²) in [5.74, 6) is 0.635. The molecule has 0 N–H and O–H groups in total. The van der Waals surface area contributed by atoms with Crippen molar-refractivity contribution in [1.29, 1.82) is 0 Å². The molecule has 2 aromatic carbocycles. The lowest BCUT2D eigenvalue weighted by molar-refractivity contribution is 0.0644. The van der Waals surface area contributed by atoms with Crippen molar-refractivity contribution in [3.63, 3.8) is 0 Å². The number of Topliss-reactive ketones (excluding diaryl/α,β-unsaturated/α-hetero) is 1. The molecular formula is C25H28N4O3. The Morgan fingerprint density at radius 2 is 1.66 bits per heavy atom. The highest BCUT2D eigenvalue weighted by atomic mass is 16.5. The van der Waals surface area contributed by atoms with Crippen LogP contribution in [0.15, 0.2) is 42.5 Å². The van der Waals surface area contributed by atoms with E-state index in [-0.39, 0.29) is 17.6 Å². The number of likely N-dealkylation sites (tertiary alicyclic amines) is 1. The van der Waals surface area contributed by atoms with Gasteiger partial charge in [-0.1, -0.05) is 17.7 Å². The molecule has 1 aromatic heterocycles. The largest absolute Gasteiger partial charge is 0.497 e. The molecule has 32 heavy (non-hydrogen) atoms. The summed E-state index contributed by atoms with van der Waals surface area (Å²) in [7, 11) is 1.60. The van der Waals surface area contributed by atoms with Gasteiger partial charge in [0, 0.05) is 24.6 Å². The Morgan fingerprint density at radius 1 is 0.969 bits per heavy atom. The van der Waals surface area contributed by atoms with Gasteiger partial charge < -0.3 is 9.64 Å². The van der Waals surface area contributed by atoms with E-state index in [0.29, 0.717) is 42.9 Å². The first-order valence-corrected chi connectivity index (χ1v) is 10.9. The van der Waals surface area contributed by atoms with Gasteiger partial charge >= 0.3 is 0 Å². The Morgan fingerprint density at radius 3 is 2.28 bits per heavy atom. The van der Waals surface area contributed by atoms with Gasteiger partial charge in [0.2, 0.25) is 0 Å². The van der Waals surface area contributed by atoms with Crippen molar-refractivity contribution in [3.05, 3.63) is 70.5 Å². The Balaban J connectivity index is 1.43. The molecule has 7 heteroatoms. The third kappa shape index (κ3) is 4.28. The van der Waals surface area contributed by atoms with E-state index in [0.717, 1.165) is 17.0 Å². The van der Waals surface area contributed by atoms with Crippen molar-refractivity contribution in [1.82, 2.24) is 19.9 Å². The molecule has 1 aliphatic heterocycles. The van der Waals surface area contributed by atoms with Crippen LogP contribution in [0, 0.1) is 26.7 Å². The summed E-state index contributed by atoms with van der Waals surface area (Å²) in [6.07, 6.45) is 1.28. The van der Waals surface area contributed by atoms with Crippen LogP contribution < -0.4 is 4.74 Å². The molecule has 0 aliphatic carbocycles. The lowest BCUT2D eigenvalue weighted by Gasteiger charge is -2.31. The maximum absolute atomic E-state index is 13.1. The smallest absolute Gasteiger partial charge is 0.276 e. The lowest BCUT2D eigenvalue weighted by atomic mass is 9.88. The summed E-state index contributed by atoms with van der Waals surface area (Å²) >= 11 is 0. The Kier molecular flexibility index (Phi) is 6.08. The average molecular weight is 433 g/mol. The summed E-state index contributed by atoms with van der Waals surface area (Å²) in [4.78, 5) is 29.3. The number of carbonyl (C=O) groups is 2. The lowest BCUT2D eigenvalue weighted by Crippen LogP contribution is -2.40. The minimum Gasteiger partial charge on any atom is -0.497 e. The zero-order valence-corrected chi connectivity index (χ0v) is 19.0. The molecule has 4 rings (SSSR count). The number of nitrogens with zero attached hydrogens (tertiary/aromatic N) is 4. The van der Waals surface area contributed by atoms with Crippen LogP contribution in [-0.2, 0) is 0 Å². The van der Waals surface area contributed by atoms with Crippen molar-refractivity contribution in [2.75, 3.05) is 20.2 Å². The first kappa shape index (κ1) is 21.7. The fraction of sp³-hybridized carbons (Fsp3) is 0.360. The maximum atomic E-state index is 13.1. The molecule has 0 atom stereocenters. The van der Waals surface area contributed by atoms with E-state index in [1.807, 2.05) is 26.0 Å². The highest BCUT2D eigenvalue weighted by Gasteiger charge is 2.30. The number of carbonyl (C=O) groups excluding carboxylic acids is 2. The van der Waals surface area contributed by atoms with E-state index in [1.54, 1.807) is 43.2 Å². The van der Waals surface area contributed by atoms with Crippen LogP contribution in [-0.4, -0.2) is 51.8 Å². The summed E-state index contributed by atoms with van der Waals surface area (Å²) in [6, 6.07) is 13.2. The predicted octanol–water partition coefficient (Wildman–Crippen LogP) is 3.94. The van der Waals surface area contributed by atoms with E-state index >= 15 is 0 Å². The molecule has 0 radical (unpaired) electrons. The van der Waals surface area contributed by atoms with E-state index in [1.165, 1.54) is 10.4 Å². The van der Waals surface area contributed by atoms with Crippen LogP contribution in [0.5, 0.6) is 5.75 Å². The number of amides is 1. The standard InChI is InChI=1S/C25H28N4O3/c1-16-5-10-22(17(2)15-16)29-26-18(3)23(27-29)25(31)28-13-11-20(12-14-28)24(30)19-6-8-21(32-4)9-7-19/h5-10,15,20H,11-14H2,1-4H3. The van der Waals surface area contributed by atoms with E-state index < -0.39 is 0 Å². The second kappa shape index (κ2) is 8.94. The maximum Gasteiger partial charge on any atom is 0.276 e. The topological polar surface area (TPSA) is 77.3 Å². The van der Waals surface area contributed by atoms with Crippen LogP contribution in [0.25, 0.3) is 5.69 Å². The predicted molar refractivity (Wildman–Crippen MR) is 122 cm³/mol. The van der Waals surface area contributed by atoms with Crippen molar-refractivity contribution in [3.8, 4) is 11.4 Å². The Hall–Kier alpha value is -3.48. The Bertz CT molecular complexity index is 1140. The van der Waals surface area contributed by atoms with E-state index in [4.69, 9.17) is 4.74 Å². The van der Waals surface area contributed by atoms with Gasteiger partial charge in [-0.15, -0.1) is 5.10 Å². The number of methoxy groups -OCH3 is 1. The zero-order chi connectivity index (χ0) is 22.8. The zero-order valence-electron chi connectivity index (χ0n) is 19.0. The number of hydrogen-bond donors (Lipinski definition) is 0. The minimum absolute atomic E-state index is 0.0839. The number of benzene rings is 2. The van der Waals surface area contributed by atoms with Crippen LogP contribution in [0.4, 0.5) is 0 Å². The van der Waals surface area contributed by atoms with Gasteiger partial charge in [0.15, 0.2) is 11.5 Å². The number of ketones is 1. The van der Waals surface area contributed by atoms with Crippen LogP contribution in [0.1, 0.15) is 50.5 Å². The first-order chi connectivity index (χ1) is 15.4. The summed E-state index contributed by atoms with van der Waals surface area (Å²) < 4.78 is 5.16. The normalized spacial score (nSPS) is 14.4. The highest BCUT2D eigenvalue weighted by molar-refractivity contribution is 5.98. The van der Waals surface area contributed by atoms with Crippen molar-refractivity contribution in [2.24, 2.45) is 5.92 Å². The number of piperidine rings is 1. The Labute approximate surface area is 188 Å². The van der Waals surface area contributed by atoms with Crippen molar-refractivity contribution < 1.29 is 14.3 Å². The molecule has 0 bridgehead atoms. The number of rotatable bonds is 5. The molecule has 1 saturated heterocycles. The molecule has 0 spiro atoms. The molecule has 1 amide bonds. The molecule has 0 saturated carbocycles. The highest BCUT2D eigenvalue weighted by Crippen LogP contribution is 2.24. The van der Waals surface area contributed by atoms with Gasteiger partial charge in [-0.25, -0.2) is 0 Å². The van der Waals surface area contributed by atoms with Gasteiger partial charge in [0.05, 0.1) is 18.5 Å². The number of aromatic nitrogens is 3. The molecule has 1 fully saturated rings. The molecule has 3 aromatic rings. The molecule has 0 unspecified atom stereocenters. The molecule has 2 heterocycles. The molecular weight excluding hydrogens is 404 g/mol. The number of hydrogen-bond acceptors (Lipinski definition) is 5. The fourth-order valence-electron chi connectivity index (χ4n) is 4.20. The fourth-order valence-corrected chi connectivity index (χ4v) is 4.20. The van der Waals surface area contributed by atoms with Crippen LogP contribution in [0.2, 0.25) is 0 Å². The van der Waals surface area contributed by atoms with Gasteiger partial charge in [-0.2, -0.15) is 9.90 Å². The van der Waals surface area contributed by atoms with Crippen molar-refractivity contribution in [2.45, 2.75) is 33.6 Å². The van der Waals surface area contributed by atoms with Crippen LogP contribution >= 0.6 is 0 Å². The SMILES string of the molecule is COc1ccc(C(=O)C2CCN(C(=O)c3nn(-c4ccc(C)cc4C)nc3C)CC2)cc1. The third-order valence-corrected chi connectivity index (χ3v) is 6.08. The van der Waals surface area contributed by atoms with Gasteiger partial charge in [-0.05, 0) is 69.5 Å². The molecule has 1 aliphatic rings. The monoisotopic (exact) mass is 432 g/mol. The number of aryl methyl sites for hydroxylation is 3. The van der Waals surface area contributed by atoms with Gasteiger partial charge in [0.1, 0.15) is 5.75 Å². The second-order valence-corrected chi connectivity index (χ2v) is 8.37. The number of ether oxygens (including phenoxy) is 1. The summed E-state index contributed by atoms with van der Waals surface area (Å²) in [5, 5.41) is 8.98. The van der Waals surface area contributed by atoms with Crippen LogP contribution in [0.3, 0.4) is 0 Å². The quantitative estimate of drug-likeness (QED) is 0.571. The summed E-state index contributed by atoms with van der Waals surface area (Å²) in [5.41, 5.74) is 4.73. The van der Waals surface area contributed by atoms with Crippen molar-refractivity contribution >= 4 is 11.7 Å². The minimum atomic E-state index is -0.131. The summed E-state index contributed by atoms with van der Waals surface area (Å²) in [6.45, 7) is 6.91. The van der Waals surface area contributed by atoms with E-state index in [9.17, 15) is 9.59 Å². The second-order valence-electron chi connectivity index (χ2n) is 8.37.